The average molecular weight is 464 g/mol. The number of nitrogen functional groups attached to an aromatic ring is 1. The standard InChI is InChI=1S/C26H29N3O3S/c1-17-12-15-33-23(17)16-29-13-10-19(11-14-29)26(31)28-24-21(4-3-5-22(24)27)25(30)18-6-8-20(32-2)9-7-18/h3-9,12,15,19H,10-11,13-14,16,27H2,1-2H3,(H,28,31). The highest BCUT2D eigenvalue weighted by molar-refractivity contribution is 7.10. The molecule has 7 heteroatoms. The van der Waals surface area contributed by atoms with Gasteiger partial charge in [-0.15, -0.1) is 11.3 Å². The van der Waals surface area contributed by atoms with E-state index in [0.29, 0.717) is 28.3 Å². The van der Waals surface area contributed by atoms with E-state index < -0.39 is 0 Å². The molecule has 33 heavy (non-hydrogen) atoms. The Bertz CT molecular complexity index is 1130. The van der Waals surface area contributed by atoms with Crippen molar-refractivity contribution in [1.82, 2.24) is 4.90 Å². The molecule has 4 rings (SSSR count). The van der Waals surface area contributed by atoms with Gasteiger partial charge in [0.25, 0.3) is 0 Å². The minimum Gasteiger partial charge on any atom is -0.497 e. The maximum Gasteiger partial charge on any atom is 0.227 e. The summed E-state index contributed by atoms with van der Waals surface area (Å²) in [4.78, 5) is 30.0. The van der Waals surface area contributed by atoms with E-state index in [1.807, 2.05) is 0 Å². The fourth-order valence-electron chi connectivity index (χ4n) is 4.14. The molecule has 0 bridgehead atoms. The Labute approximate surface area is 198 Å². The van der Waals surface area contributed by atoms with Gasteiger partial charge in [-0.3, -0.25) is 14.5 Å². The zero-order valence-electron chi connectivity index (χ0n) is 19.0. The van der Waals surface area contributed by atoms with E-state index in [2.05, 4.69) is 28.6 Å². The van der Waals surface area contributed by atoms with Crippen LogP contribution in [0.5, 0.6) is 5.75 Å². The highest BCUT2D eigenvalue weighted by Gasteiger charge is 2.27. The van der Waals surface area contributed by atoms with Gasteiger partial charge in [0, 0.05) is 28.5 Å². The number of hydrogen-bond donors (Lipinski definition) is 2. The molecule has 0 aliphatic carbocycles. The summed E-state index contributed by atoms with van der Waals surface area (Å²) in [6.07, 6.45) is 1.56. The predicted octanol–water partition coefficient (Wildman–Crippen LogP) is 4.73. The molecule has 0 radical (unpaired) electrons. The summed E-state index contributed by atoms with van der Waals surface area (Å²) in [6, 6.07) is 14.2. The van der Waals surface area contributed by atoms with Crippen LogP contribution in [0.25, 0.3) is 0 Å². The van der Waals surface area contributed by atoms with E-state index in [4.69, 9.17) is 10.5 Å². The SMILES string of the molecule is COc1ccc(C(=O)c2cccc(N)c2NC(=O)C2CCN(Cc3sccc3C)CC2)cc1. The van der Waals surface area contributed by atoms with Crippen molar-refractivity contribution in [2.75, 3.05) is 31.2 Å². The molecule has 1 aliphatic heterocycles. The molecule has 0 atom stereocenters. The predicted molar refractivity (Wildman–Crippen MR) is 133 cm³/mol. The first-order valence-corrected chi connectivity index (χ1v) is 12.0. The first-order valence-electron chi connectivity index (χ1n) is 11.1. The van der Waals surface area contributed by atoms with Gasteiger partial charge in [-0.1, -0.05) is 6.07 Å². The molecule has 6 nitrogen and oxygen atoms in total. The lowest BCUT2D eigenvalue weighted by atomic mass is 9.95. The number of benzene rings is 2. The molecule has 2 aromatic carbocycles. The van der Waals surface area contributed by atoms with Crippen LogP contribution in [0.3, 0.4) is 0 Å². The second kappa shape index (κ2) is 10.2. The number of carbonyl (C=O) groups excluding carboxylic acids is 2. The minimum absolute atomic E-state index is 0.0800. The Morgan fingerprint density at radius 1 is 1.12 bits per heavy atom. The fourth-order valence-corrected chi connectivity index (χ4v) is 5.09. The van der Waals surface area contributed by atoms with Crippen molar-refractivity contribution in [2.45, 2.75) is 26.3 Å². The first-order chi connectivity index (χ1) is 16.0. The Balaban J connectivity index is 1.43. The van der Waals surface area contributed by atoms with E-state index in [9.17, 15) is 9.59 Å². The summed E-state index contributed by atoms with van der Waals surface area (Å²) in [5.41, 5.74) is 9.17. The van der Waals surface area contributed by atoms with Crippen LogP contribution >= 0.6 is 11.3 Å². The molecular formula is C26H29N3O3S. The smallest absolute Gasteiger partial charge is 0.227 e. The van der Waals surface area contributed by atoms with E-state index >= 15 is 0 Å². The fraction of sp³-hybridized carbons (Fsp3) is 0.308. The summed E-state index contributed by atoms with van der Waals surface area (Å²) >= 11 is 1.78. The normalized spacial score (nSPS) is 14.7. The van der Waals surface area contributed by atoms with Crippen molar-refractivity contribution in [3.8, 4) is 5.75 Å². The number of ether oxygens (including phenoxy) is 1. The lowest BCUT2D eigenvalue weighted by Gasteiger charge is -2.31. The third-order valence-corrected chi connectivity index (χ3v) is 7.24. The van der Waals surface area contributed by atoms with Crippen molar-refractivity contribution >= 4 is 34.4 Å². The molecule has 172 valence electrons. The number of aryl methyl sites for hydroxylation is 1. The van der Waals surface area contributed by atoms with E-state index in [0.717, 1.165) is 32.5 Å². The summed E-state index contributed by atoms with van der Waals surface area (Å²) in [7, 11) is 1.58. The Morgan fingerprint density at radius 2 is 1.85 bits per heavy atom. The molecule has 1 saturated heterocycles. The number of carbonyl (C=O) groups is 2. The van der Waals surface area contributed by atoms with Crippen molar-refractivity contribution in [2.24, 2.45) is 5.92 Å². The number of anilines is 2. The molecule has 1 aliphatic rings. The molecule has 0 saturated carbocycles. The van der Waals surface area contributed by atoms with Gasteiger partial charge in [0.2, 0.25) is 5.91 Å². The third kappa shape index (κ3) is 5.26. The van der Waals surface area contributed by atoms with Gasteiger partial charge in [-0.25, -0.2) is 0 Å². The number of rotatable bonds is 7. The number of nitrogens with zero attached hydrogens (tertiary/aromatic N) is 1. The summed E-state index contributed by atoms with van der Waals surface area (Å²) < 4.78 is 5.17. The van der Waals surface area contributed by atoms with Gasteiger partial charge >= 0.3 is 0 Å². The van der Waals surface area contributed by atoms with Crippen LogP contribution in [0.4, 0.5) is 11.4 Å². The lowest BCUT2D eigenvalue weighted by Crippen LogP contribution is -2.38. The quantitative estimate of drug-likeness (QED) is 0.391. The van der Waals surface area contributed by atoms with Crippen molar-refractivity contribution in [3.63, 3.8) is 0 Å². The van der Waals surface area contributed by atoms with Gasteiger partial charge in [0.1, 0.15) is 5.75 Å². The second-order valence-corrected chi connectivity index (χ2v) is 9.39. The molecule has 1 amide bonds. The number of thiophene rings is 1. The van der Waals surface area contributed by atoms with Crippen molar-refractivity contribution < 1.29 is 14.3 Å². The van der Waals surface area contributed by atoms with Crippen LogP contribution in [0.1, 0.15) is 39.2 Å². The number of ketones is 1. The molecular weight excluding hydrogens is 434 g/mol. The largest absolute Gasteiger partial charge is 0.497 e. The second-order valence-electron chi connectivity index (χ2n) is 8.39. The Morgan fingerprint density at radius 3 is 2.48 bits per heavy atom. The number of likely N-dealkylation sites (tertiary alicyclic amines) is 1. The Kier molecular flexibility index (Phi) is 7.11. The van der Waals surface area contributed by atoms with Crippen LogP contribution in [0, 0.1) is 12.8 Å². The van der Waals surface area contributed by atoms with Gasteiger partial charge in [0.15, 0.2) is 5.78 Å². The van der Waals surface area contributed by atoms with E-state index in [1.165, 1.54) is 10.4 Å². The number of hydrogen-bond acceptors (Lipinski definition) is 6. The number of methoxy groups -OCH3 is 1. The molecule has 3 aromatic rings. The number of nitrogens with one attached hydrogen (secondary N) is 1. The number of piperidine rings is 1. The minimum atomic E-state index is -0.193. The number of para-hydroxylation sites is 1. The zero-order chi connectivity index (χ0) is 23.4. The Hall–Kier alpha value is -3.16. The van der Waals surface area contributed by atoms with Crippen LogP contribution in [0.2, 0.25) is 0 Å². The molecule has 1 fully saturated rings. The van der Waals surface area contributed by atoms with Gasteiger partial charge < -0.3 is 15.8 Å². The third-order valence-electron chi connectivity index (χ3n) is 6.24. The first kappa shape index (κ1) is 23.0. The van der Waals surface area contributed by atoms with Crippen LogP contribution in [-0.4, -0.2) is 36.8 Å². The summed E-state index contributed by atoms with van der Waals surface area (Å²) in [5.74, 6) is 0.299. The van der Waals surface area contributed by atoms with Gasteiger partial charge in [-0.2, -0.15) is 0 Å². The molecule has 0 unspecified atom stereocenters. The maximum absolute atomic E-state index is 13.1. The van der Waals surface area contributed by atoms with Crippen LogP contribution < -0.4 is 15.8 Å². The topological polar surface area (TPSA) is 84.7 Å². The highest BCUT2D eigenvalue weighted by atomic mass is 32.1. The number of amides is 1. The van der Waals surface area contributed by atoms with Crippen molar-refractivity contribution in [1.29, 1.82) is 0 Å². The average Bonchev–Trinajstić information content (AvgIpc) is 3.24. The molecule has 1 aromatic heterocycles. The monoisotopic (exact) mass is 463 g/mol. The summed E-state index contributed by atoms with van der Waals surface area (Å²) in [5, 5.41) is 5.09. The van der Waals surface area contributed by atoms with Crippen LogP contribution in [0.15, 0.2) is 53.9 Å². The number of nitrogens with two attached hydrogens (primary N) is 1. The molecule has 0 spiro atoms. The van der Waals surface area contributed by atoms with Gasteiger partial charge in [-0.05, 0) is 86.3 Å². The van der Waals surface area contributed by atoms with Crippen molar-refractivity contribution in [3.05, 3.63) is 75.5 Å². The van der Waals surface area contributed by atoms with E-state index in [-0.39, 0.29) is 17.6 Å². The summed E-state index contributed by atoms with van der Waals surface area (Å²) in [6.45, 7) is 4.82. The van der Waals surface area contributed by atoms with Crippen LogP contribution in [-0.2, 0) is 11.3 Å². The van der Waals surface area contributed by atoms with E-state index in [1.54, 1.807) is 60.9 Å². The van der Waals surface area contributed by atoms with Gasteiger partial charge in [0.05, 0.1) is 18.5 Å². The molecule has 2 heterocycles. The highest BCUT2D eigenvalue weighted by Crippen LogP contribution is 2.29. The zero-order valence-corrected chi connectivity index (χ0v) is 19.8. The molecule has 3 N–H and O–H groups in total. The maximum atomic E-state index is 13.1. The lowest BCUT2D eigenvalue weighted by molar-refractivity contribution is -0.121.